The minimum atomic E-state index is -0.424. The number of hydrogen-bond donors (Lipinski definition) is 2. The Bertz CT molecular complexity index is 779. The van der Waals surface area contributed by atoms with E-state index in [0.717, 1.165) is 37.6 Å². The molecule has 0 radical (unpaired) electrons. The van der Waals surface area contributed by atoms with Crippen molar-refractivity contribution in [2.45, 2.75) is 0 Å². The maximum absolute atomic E-state index is 13.1. The second-order valence-electron chi connectivity index (χ2n) is 6.29. The molecule has 7 heteroatoms. The fraction of sp³-hybridized carbons (Fsp3) is 0.316. The SMILES string of the molecule is COc1cccc(N2CC[NH+](CC(=O)Nc3ccc(F)cc3Cl)CC2)c1. The first-order chi connectivity index (χ1) is 12.5. The van der Waals surface area contributed by atoms with Gasteiger partial charge in [-0.05, 0) is 30.3 Å². The summed E-state index contributed by atoms with van der Waals surface area (Å²) in [6, 6.07) is 11.9. The number of anilines is 2. The number of piperazine rings is 1. The van der Waals surface area contributed by atoms with E-state index in [-0.39, 0.29) is 10.9 Å². The van der Waals surface area contributed by atoms with Gasteiger partial charge in [0, 0.05) is 11.8 Å². The lowest BCUT2D eigenvalue weighted by molar-refractivity contribution is -0.892. The van der Waals surface area contributed by atoms with Gasteiger partial charge in [-0.2, -0.15) is 0 Å². The molecule has 3 rings (SSSR count). The molecule has 2 N–H and O–H groups in total. The van der Waals surface area contributed by atoms with Gasteiger partial charge in [-0.15, -0.1) is 0 Å². The van der Waals surface area contributed by atoms with E-state index >= 15 is 0 Å². The molecule has 26 heavy (non-hydrogen) atoms. The number of quaternary nitrogens is 1. The number of ether oxygens (including phenoxy) is 1. The van der Waals surface area contributed by atoms with Crippen LogP contribution in [-0.2, 0) is 4.79 Å². The smallest absolute Gasteiger partial charge is 0.279 e. The van der Waals surface area contributed by atoms with Crippen molar-refractivity contribution in [2.75, 3.05) is 50.1 Å². The summed E-state index contributed by atoms with van der Waals surface area (Å²) in [6.45, 7) is 3.82. The molecule has 1 aliphatic rings. The monoisotopic (exact) mass is 378 g/mol. The second kappa shape index (κ2) is 8.38. The highest BCUT2D eigenvalue weighted by atomic mass is 35.5. The van der Waals surface area contributed by atoms with Crippen LogP contribution in [0.4, 0.5) is 15.8 Å². The van der Waals surface area contributed by atoms with Gasteiger partial charge in [-0.3, -0.25) is 4.79 Å². The van der Waals surface area contributed by atoms with Gasteiger partial charge in [-0.25, -0.2) is 4.39 Å². The lowest BCUT2D eigenvalue weighted by Crippen LogP contribution is -3.15. The molecule has 1 saturated heterocycles. The number of carbonyl (C=O) groups excluding carboxylic acids is 1. The van der Waals surface area contributed by atoms with Crippen LogP contribution in [0.2, 0.25) is 5.02 Å². The van der Waals surface area contributed by atoms with Gasteiger partial charge >= 0.3 is 0 Å². The fourth-order valence-electron chi connectivity index (χ4n) is 3.08. The molecular formula is C19H22ClFN3O2+. The van der Waals surface area contributed by atoms with Gasteiger partial charge < -0.3 is 19.9 Å². The van der Waals surface area contributed by atoms with Gasteiger partial charge in [0.1, 0.15) is 11.6 Å². The summed E-state index contributed by atoms with van der Waals surface area (Å²) in [5.74, 6) is 0.295. The lowest BCUT2D eigenvalue weighted by atomic mass is 10.2. The number of halogens is 2. The molecule has 1 aliphatic heterocycles. The van der Waals surface area contributed by atoms with Gasteiger partial charge in [-0.1, -0.05) is 17.7 Å². The summed E-state index contributed by atoms with van der Waals surface area (Å²) < 4.78 is 18.3. The van der Waals surface area contributed by atoms with Gasteiger partial charge in [0.05, 0.1) is 44.0 Å². The van der Waals surface area contributed by atoms with Crippen LogP contribution < -0.4 is 19.9 Å². The maximum Gasteiger partial charge on any atom is 0.279 e. The topological polar surface area (TPSA) is 46.0 Å². The summed E-state index contributed by atoms with van der Waals surface area (Å²) in [5, 5.41) is 2.96. The third-order valence-electron chi connectivity index (χ3n) is 4.50. The van der Waals surface area contributed by atoms with Crippen molar-refractivity contribution in [3.05, 3.63) is 53.3 Å². The summed E-state index contributed by atoms with van der Waals surface area (Å²) in [6.07, 6.45) is 0. The number of hydrogen-bond acceptors (Lipinski definition) is 3. The zero-order chi connectivity index (χ0) is 18.5. The third kappa shape index (κ3) is 4.65. The highest BCUT2D eigenvalue weighted by molar-refractivity contribution is 6.33. The second-order valence-corrected chi connectivity index (χ2v) is 6.69. The molecule has 2 aromatic rings. The Morgan fingerprint density at radius 2 is 2.04 bits per heavy atom. The zero-order valence-corrected chi connectivity index (χ0v) is 15.4. The van der Waals surface area contributed by atoms with E-state index in [1.165, 1.54) is 23.1 Å². The van der Waals surface area contributed by atoms with Crippen LogP contribution in [0.25, 0.3) is 0 Å². The molecule has 1 fully saturated rings. The molecule has 0 saturated carbocycles. The first kappa shape index (κ1) is 18.5. The Morgan fingerprint density at radius 1 is 1.27 bits per heavy atom. The van der Waals surface area contributed by atoms with Crippen LogP contribution in [0.1, 0.15) is 0 Å². The van der Waals surface area contributed by atoms with E-state index in [1.807, 2.05) is 18.2 Å². The quantitative estimate of drug-likeness (QED) is 0.834. The third-order valence-corrected chi connectivity index (χ3v) is 4.82. The number of benzene rings is 2. The van der Waals surface area contributed by atoms with Gasteiger partial charge in [0.15, 0.2) is 6.54 Å². The van der Waals surface area contributed by atoms with Crippen LogP contribution >= 0.6 is 11.6 Å². The average Bonchev–Trinajstić information content (AvgIpc) is 2.65. The van der Waals surface area contributed by atoms with Gasteiger partial charge in [0.25, 0.3) is 5.91 Å². The minimum absolute atomic E-state index is 0.122. The van der Waals surface area contributed by atoms with Crippen molar-refractivity contribution in [3.63, 3.8) is 0 Å². The van der Waals surface area contributed by atoms with E-state index in [9.17, 15) is 9.18 Å². The van der Waals surface area contributed by atoms with Crippen LogP contribution in [-0.4, -0.2) is 45.7 Å². The van der Waals surface area contributed by atoms with E-state index in [2.05, 4.69) is 16.3 Å². The number of nitrogens with one attached hydrogen (secondary N) is 2. The van der Waals surface area contributed by atoms with Crippen molar-refractivity contribution in [3.8, 4) is 5.75 Å². The normalized spacial score (nSPS) is 15.0. The molecule has 0 spiro atoms. The molecule has 2 aromatic carbocycles. The molecule has 0 unspecified atom stereocenters. The molecule has 0 bridgehead atoms. The highest BCUT2D eigenvalue weighted by Crippen LogP contribution is 2.22. The number of carbonyl (C=O) groups is 1. The largest absolute Gasteiger partial charge is 0.497 e. The number of amides is 1. The van der Waals surface area contributed by atoms with Crippen molar-refractivity contribution in [2.24, 2.45) is 0 Å². The first-order valence-electron chi connectivity index (χ1n) is 8.52. The predicted octanol–water partition coefficient (Wildman–Crippen LogP) is 1.83. The molecule has 0 aliphatic carbocycles. The Balaban J connectivity index is 1.51. The molecule has 0 aromatic heterocycles. The van der Waals surface area contributed by atoms with E-state index in [1.54, 1.807) is 7.11 Å². The fourth-order valence-corrected chi connectivity index (χ4v) is 3.29. The van der Waals surface area contributed by atoms with Gasteiger partial charge in [0.2, 0.25) is 0 Å². The molecule has 0 atom stereocenters. The first-order valence-corrected chi connectivity index (χ1v) is 8.90. The number of rotatable bonds is 5. The van der Waals surface area contributed by atoms with Crippen molar-refractivity contribution in [1.82, 2.24) is 0 Å². The van der Waals surface area contributed by atoms with Crippen LogP contribution in [0.3, 0.4) is 0 Å². The van der Waals surface area contributed by atoms with Crippen molar-refractivity contribution >= 4 is 28.9 Å². The Morgan fingerprint density at radius 3 is 2.73 bits per heavy atom. The Kier molecular flexibility index (Phi) is 5.96. The maximum atomic E-state index is 13.1. The standard InChI is InChI=1S/C19H21ClFN3O2/c1-26-16-4-2-3-15(12-16)24-9-7-23(8-10-24)13-19(25)22-18-6-5-14(21)11-17(18)20/h2-6,11-12H,7-10,13H2,1H3,(H,22,25)/p+1. The number of methoxy groups -OCH3 is 1. The van der Waals surface area contributed by atoms with Crippen LogP contribution in [0, 0.1) is 5.82 Å². The van der Waals surface area contributed by atoms with E-state index in [0.29, 0.717) is 12.2 Å². The molecular weight excluding hydrogens is 357 g/mol. The summed E-state index contributed by atoms with van der Waals surface area (Å²) in [4.78, 5) is 15.7. The molecule has 138 valence electrons. The summed E-state index contributed by atoms with van der Waals surface area (Å²) in [7, 11) is 1.66. The predicted molar refractivity (Wildman–Crippen MR) is 101 cm³/mol. The Labute approximate surface area is 157 Å². The molecule has 1 amide bonds. The summed E-state index contributed by atoms with van der Waals surface area (Å²) in [5.41, 5.74) is 1.57. The number of nitrogens with zero attached hydrogens (tertiary/aromatic N) is 1. The zero-order valence-electron chi connectivity index (χ0n) is 14.6. The van der Waals surface area contributed by atoms with E-state index in [4.69, 9.17) is 16.3 Å². The van der Waals surface area contributed by atoms with Crippen LogP contribution in [0.15, 0.2) is 42.5 Å². The lowest BCUT2D eigenvalue weighted by Gasteiger charge is -2.33. The molecule has 5 nitrogen and oxygen atoms in total. The summed E-state index contributed by atoms with van der Waals surface area (Å²) >= 11 is 5.95. The van der Waals surface area contributed by atoms with Crippen molar-refractivity contribution in [1.29, 1.82) is 0 Å². The average molecular weight is 379 g/mol. The van der Waals surface area contributed by atoms with E-state index < -0.39 is 5.82 Å². The molecule has 1 heterocycles. The Hall–Kier alpha value is -2.31. The van der Waals surface area contributed by atoms with Crippen molar-refractivity contribution < 1.29 is 18.8 Å². The highest BCUT2D eigenvalue weighted by Gasteiger charge is 2.23. The van der Waals surface area contributed by atoms with Crippen LogP contribution in [0.5, 0.6) is 5.75 Å². The minimum Gasteiger partial charge on any atom is -0.497 e.